The molecule has 0 unspecified atom stereocenters. The predicted molar refractivity (Wildman–Crippen MR) is 84.6 cm³/mol. The normalized spacial score (nSPS) is 16.1. The Bertz CT molecular complexity index is 801. The number of benzene rings is 1. The van der Waals surface area contributed by atoms with Crippen molar-refractivity contribution in [2.24, 2.45) is 0 Å². The number of carbonyl (C=O) groups excluding carboxylic acids is 1. The smallest absolute Gasteiger partial charge is 0.244 e. The van der Waals surface area contributed by atoms with Crippen LogP contribution in [0, 0.1) is 0 Å². The topological polar surface area (TPSA) is 68.8 Å². The lowest BCUT2D eigenvalue weighted by Gasteiger charge is -2.32. The summed E-state index contributed by atoms with van der Waals surface area (Å²) in [6.07, 6.45) is 7.17. The fourth-order valence-corrected chi connectivity index (χ4v) is 3.19. The number of amides is 1. The van der Waals surface area contributed by atoms with Crippen LogP contribution in [0.5, 0.6) is 0 Å². The number of hydrogen-bond donors (Lipinski definition) is 0. The average molecular weight is 310 g/mol. The molecule has 0 bridgehead atoms. The van der Waals surface area contributed by atoms with E-state index in [9.17, 15) is 4.79 Å². The molecule has 3 aromatic rings. The molecule has 1 saturated heterocycles. The highest BCUT2D eigenvalue weighted by Crippen LogP contribution is 2.22. The van der Waals surface area contributed by atoms with Crippen molar-refractivity contribution in [3.63, 3.8) is 0 Å². The van der Waals surface area contributed by atoms with Crippen LogP contribution in [0.15, 0.2) is 43.1 Å². The number of hydrogen-bond acceptors (Lipinski definition) is 4. The monoisotopic (exact) mass is 310 g/mol. The van der Waals surface area contributed by atoms with E-state index in [4.69, 9.17) is 0 Å². The summed E-state index contributed by atoms with van der Waals surface area (Å²) in [5, 5.41) is 13.1. The number of rotatable bonds is 3. The van der Waals surface area contributed by atoms with Gasteiger partial charge in [-0.25, -0.2) is 0 Å². The van der Waals surface area contributed by atoms with Crippen LogP contribution in [0.3, 0.4) is 0 Å². The summed E-state index contributed by atoms with van der Waals surface area (Å²) in [6, 6.07) is 8.34. The van der Waals surface area contributed by atoms with Gasteiger partial charge in [0.2, 0.25) is 5.91 Å². The van der Waals surface area contributed by atoms with Gasteiger partial charge in [0.1, 0.15) is 19.2 Å². The maximum absolute atomic E-state index is 12.5. The molecule has 1 aliphatic heterocycles. The van der Waals surface area contributed by atoms with Crippen molar-refractivity contribution < 1.29 is 4.79 Å². The van der Waals surface area contributed by atoms with Crippen molar-refractivity contribution in [3.05, 3.63) is 43.1 Å². The van der Waals surface area contributed by atoms with Crippen LogP contribution in [0.1, 0.15) is 18.9 Å². The third kappa shape index (κ3) is 2.69. The summed E-state index contributed by atoms with van der Waals surface area (Å²) in [4.78, 5) is 14.5. The molecule has 0 spiro atoms. The van der Waals surface area contributed by atoms with Crippen molar-refractivity contribution in [1.82, 2.24) is 29.4 Å². The second-order valence-electron chi connectivity index (χ2n) is 5.88. The Labute approximate surface area is 133 Å². The molecule has 118 valence electrons. The van der Waals surface area contributed by atoms with E-state index in [0.29, 0.717) is 12.6 Å². The standard InChI is InChI=1S/C16H18N6O/c23-16(10-22-15-4-2-1-3-13(15)9-19-22)20-7-5-14(6-8-20)21-11-17-18-12-21/h1-4,9,11-12,14H,5-8,10H2. The average Bonchev–Trinajstić information content (AvgIpc) is 3.25. The Kier molecular flexibility index (Phi) is 3.53. The molecule has 0 radical (unpaired) electrons. The number of carbonyl (C=O) groups is 1. The van der Waals surface area contributed by atoms with Crippen LogP contribution in [0.4, 0.5) is 0 Å². The van der Waals surface area contributed by atoms with Gasteiger partial charge in [-0.1, -0.05) is 18.2 Å². The molecular formula is C16H18N6O. The van der Waals surface area contributed by atoms with E-state index >= 15 is 0 Å². The molecule has 2 aromatic heterocycles. The molecule has 1 fully saturated rings. The zero-order valence-electron chi connectivity index (χ0n) is 12.7. The van der Waals surface area contributed by atoms with Crippen molar-refractivity contribution in [1.29, 1.82) is 0 Å². The van der Waals surface area contributed by atoms with E-state index in [1.807, 2.05) is 33.7 Å². The molecule has 0 atom stereocenters. The van der Waals surface area contributed by atoms with Gasteiger partial charge in [0.25, 0.3) is 0 Å². The van der Waals surface area contributed by atoms with Crippen LogP contribution >= 0.6 is 0 Å². The number of fused-ring (bicyclic) bond motifs is 1. The highest BCUT2D eigenvalue weighted by molar-refractivity contribution is 5.82. The first kappa shape index (κ1) is 13.9. The van der Waals surface area contributed by atoms with Crippen LogP contribution < -0.4 is 0 Å². The number of piperidine rings is 1. The fourth-order valence-electron chi connectivity index (χ4n) is 3.19. The number of nitrogens with zero attached hydrogens (tertiary/aromatic N) is 6. The Morgan fingerprint density at radius 1 is 1.13 bits per heavy atom. The first-order chi connectivity index (χ1) is 11.3. The Balaban J connectivity index is 1.40. The van der Waals surface area contributed by atoms with Crippen molar-refractivity contribution in [3.8, 4) is 0 Å². The molecule has 0 saturated carbocycles. The zero-order chi connectivity index (χ0) is 15.6. The van der Waals surface area contributed by atoms with Gasteiger partial charge in [0.05, 0.1) is 11.7 Å². The van der Waals surface area contributed by atoms with Crippen molar-refractivity contribution >= 4 is 16.8 Å². The third-order valence-electron chi connectivity index (χ3n) is 4.51. The van der Waals surface area contributed by atoms with Crippen LogP contribution in [-0.4, -0.2) is 48.4 Å². The van der Waals surface area contributed by atoms with Crippen LogP contribution in [0.25, 0.3) is 10.9 Å². The quantitative estimate of drug-likeness (QED) is 0.735. The highest BCUT2D eigenvalue weighted by Gasteiger charge is 2.24. The summed E-state index contributed by atoms with van der Waals surface area (Å²) in [6.45, 7) is 1.83. The molecule has 0 N–H and O–H groups in total. The largest absolute Gasteiger partial charge is 0.341 e. The van der Waals surface area contributed by atoms with E-state index in [1.54, 1.807) is 23.5 Å². The van der Waals surface area contributed by atoms with E-state index < -0.39 is 0 Å². The molecule has 1 aromatic carbocycles. The third-order valence-corrected chi connectivity index (χ3v) is 4.51. The van der Waals surface area contributed by atoms with Gasteiger partial charge in [-0.05, 0) is 18.9 Å². The van der Waals surface area contributed by atoms with Crippen molar-refractivity contribution in [2.75, 3.05) is 13.1 Å². The van der Waals surface area contributed by atoms with Gasteiger partial charge in [-0.15, -0.1) is 10.2 Å². The van der Waals surface area contributed by atoms with Gasteiger partial charge >= 0.3 is 0 Å². The highest BCUT2D eigenvalue weighted by atomic mass is 16.2. The van der Waals surface area contributed by atoms with Crippen molar-refractivity contribution in [2.45, 2.75) is 25.4 Å². The number of likely N-dealkylation sites (tertiary alicyclic amines) is 1. The lowest BCUT2D eigenvalue weighted by Crippen LogP contribution is -2.40. The van der Waals surface area contributed by atoms with E-state index in [-0.39, 0.29) is 5.91 Å². The van der Waals surface area contributed by atoms with Gasteiger partial charge in [-0.2, -0.15) is 5.10 Å². The summed E-state index contributed by atoms with van der Waals surface area (Å²) >= 11 is 0. The lowest BCUT2D eigenvalue weighted by molar-refractivity contribution is -0.133. The fraction of sp³-hybridized carbons (Fsp3) is 0.375. The second-order valence-corrected chi connectivity index (χ2v) is 5.88. The first-order valence-electron chi connectivity index (χ1n) is 7.84. The minimum Gasteiger partial charge on any atom is -0.341 e. The molecule has 1 amide bonds. The van der Waals surface area contributed by atoms with E-state index in [2.05, 4.69) is 15.3 Å². The molecule has 7 nitrogen and oxygen atoms in total. The van der Waals surface area contributed by atoms with Gasteiger partial charge < -0.3 is 9.47 Å². The Morgan fingerprint density at radius 3 is 2.65 bits per heavy atom. The lowest BCUT2D eigenvalue weighted by atomic mass is 10.1. The molecule has 0 aliphatic carbocycles. The molecule has 4 rings (SSSR count). The SMILES string of the molecule is O=C(Cn1ncc2ccccc21)N1CCC(n2cnnc2)CC1. The first-order valence-corrected chi connectivity index (χ1v) is 7.84. The molecular weight excluding hydrogens is 292 g/mol. The zero-order valence-corrected chi connectivity index (χ0v) is 12.7. The molecule has 23 heavy (non-hydrogen) atoms. The number of para-hydroxylation sites is 1. The maximum Gasteiger partial charge on any atom is 0.244 e. The van der Waals surface area contributed by atoms with Crippen LogP contribution in [-0.2, 0) is 11.3 Å². The summed E-state index contributed by atoms with van der Waals surface area (Å²) in [5.41, 5.74) is 1.00. The van der Waals surface area contributed by atoms with E-state index in [1.165, 1.54) is 0 Å². The van der Waals surface area contributed by atoms with Crippen LogP contribution in [0.2, 0.25) is 0 Å². The van der Waals surface area contributed by atoms with Gasteiger partial charge in [0.15, 0.2) is 0 Å². The minimum atomic E-state index is 0.126. The van der Waals surface area contributed by atoms with E-state index in [0.717, 1.165) is 36.8 Å². The second kappa shape index (κ2) is 5.83. The summed E-state index contributed by atoms with van der Waals surface area (Å²) in [5.74, 6) is 0.126. The minimum absolute atomic E-state index is 0.126. The summed E-state index contributed by atoms with van der Waals surface area (Å²) in [7, 11) is 0. The van der Waals surface area contributed by atoms with Gasteiger partial charge in [-0.3, -0.25) is 9.48 Å². The molecule has 7 heteroatoms. The molecule has 1 aliphatic rings. The maximum atomic E-state index is 12.5. The predicted octanol–water partition coefficient (Wildman–Crippen LogP) is 1.49. The molecule has 3 heterocycles. The number of aromatic nitrogens is 5. The Hall–Kier alpha value is -2.70. The Morgan fingerprint density at radius 2 is 1.87 bits per heavy atom. The van der Waals surface area contributed by atoms with Gasteiger partial charge in [0, 0.05) is 24.5 Å². The summed E-state index contributed by atoms with van der Waals surface area (Å²) < 4.78 is 3.81.